The summed E-state index contributed by atoms with van der Waals surface area (Å²) in [4.78, 5) is 2.16. The predicted molar refractivity (Wildman–Crippen MR) is 62.8 cm³/mol. The van der Waals surface area contributed by atoms with E-state index in [-0.39, 0.29) is 0 Å². The average molecular weight is 187 g/mol. The molecule has 0 bridgehead atoms. The van der Waals surface area contributed by atoms with Crippen LogP contribution >= 0.6 is 0 Å². The van der Waals surface area contributed by atoms with Crippen molar-refractivity contribution in [2.24, 2.45) is 0 Å². The molecular weight excluding hydrogens is 170 g/mol. The van der Waals surface area contributed by atoms with Gasteiger partial charge in [0.05, 0.1) is 0 Å². The Kier molecular flexibility index (Phi) is 2.32. The molecule has 1 aliphatic rings. The quantitative estimate of drug-likeness (QED) is 0.702. The van der Waals surface area contributed by atoms with E-state index >= 15 is 0 Å². The normalized spacial score (nSPS) is 15.3. The van der Waals surface area contributed by atoms with Gasteiger partial charge in [-0.1, -0.05) is 24.8 Å². The SMILES string of the molecule is C=Cc1ccc(C2CC2)cc1N(C)C. The van der Waals surface area contributed by atoms with Gasteiger partial charge < -0.3 is 4.90 Å². The molecule has 1 aliphatic carbocycles. The molecule has 0 aromatic heterocycles. The summed E-state index contributed by atoms with van der Waals surface area (Å²) in [6, 6.07) is 6.71. The van der Waals surface area contributed by atoms with Crippen molar-refractivity contribution in [3.63, 3.8) is 0 Å². The minimum atomic E-state index is 0.826. The summed E-state index contributed by atoms with van der Waals surface area (Å²) in [5, 5.41) is 0. The molecule has 1 aromatic rings. The van der Waals surface area contributed by atoms with Gasteiger partial charge in [-0.3, -0.25) is 0 Å². The second kappa shape index (κ2) is 3.49. The maximum Gasteiger partial charge on any atom is 0.0437 e. The average Bonchev–Trinajstić information content (AvgIpc) is 3.00. The number of hydrogen-bond acceptors (Lipinski definition) is 1. The molecular formula is C13H17N. The second-order valence-corrected chi connectivity index (χ2v) is 4.19. The van der Waals surface area contributed by atoms with Gasteiger partial charge in [0.1, 0.15) is 0 Å². The molecule has 0 N–H and O–H groups in total. The van der Waals surface area contributed by atoms with Crippen LogP contribution in [0.4, 0.5) is 5.69 Å². The first-order valence-electron chi connectivity index (χ1n) is 5.16. The minimum Gasteiger partial charge on any atom is -0.377 e. The molecule has 0 unspecified atom stereocenters. The third-order valence-electron chi connectivity index (χ3n) is 2.80. The van der Waals surface area contributed by atoms with E-state index in [0.29, 0.717) is 0 Å². The molecule has 14 heavy (non-hydrogen) atoms. The molecule has 1 nitrogen and oxygen atoms in total. The summed E-state index contributed by atoms with van der Waals surface area (Å²) in [6.45, 7) is 3.84. The van der Waals surface area contributed by atoms with Crippen molar-refractivity contribution in [3.8, 4) is 0 Å². The Morgan fingerprint density at radius 2 is 2.07 bits per heavy atom. The van der Waals surface area contributed by atoms with Gasteiger partial charge in [0.25, 0.3) is 0 Å². The summed E-state index contributed by atoms with van der Waals surface area (Å²) >= 11 is 0. The van der Waals surface area contributed by atoms with Gasteiger partial charge in [-0.2, -0.15) is 0 Å². The van der Waals surface area contributed by atoms with Gasteiger partial charge in [0.2, 0.25) is 0 Å². The van der Waals surface area contributed by atoms with Gasteiger partial charge in [-0.25, -0.2) is 0 Å². The first-order chi connectivity index (χ1) is 6.72. The van der Waals surface area contributed by atoms with E-state index in [2.05, 4.69) is 43.8 Å². The van der Waals surface area contributed by atoms with Crippen LogP contribution in [0.5, 0.6) is 0 Å². The Hall–Kier alpha value is -1.24. The topological polar surface area (TPSA) is 3.24 Å². The third kappa shape index (κ3) is 1.67. The molecule has 0 saturated heterocycles. The number of hydrogen-bond donors (Lipinski definition) is 0. The molecule has 0 radical (unpaired) electrons. The lowest BCUT2D eigenvalue weighted by Crippen LogP contribution is -2.10. The Balaban J connectivity index is 2.40. The maximum atomic E-state index is 3.84. The van der Waals surface area contributed by atoms with E-state index in [1.165, 1.54) is 29.7 Å². The first-order valence-corrected chi connectivity index (χ1v) is 5.16. The van der Waals surface area contributed by atoms with Gasteiger partial charge >= 0.3 is 0 Å². The lowest BCUT2D eigenvalue weighted by Gasteiger charge is -2.17. The van der Waals surface area contributed by atoms with Crippen molar-refractivity contribution in [2.45, 2.75) is 18.8 Å². The molecule has 0 spiro atoms. The van der Waals surface area contributed by atoms with Crippen molar-refractivity contribution >= 4 is 11.8 Å². The molecule has 2 rings (SSSR count). The van der Waals surface area contributed by atoms with E-state index in [4.69, 9.17) is 0 Å². The fraction of sp³-hybridized carbons (Fsp3) is 0.385. The van der Waals surface area contributed by atoms with E-state index < -0.39 is 0 Å². The van der Waals surface area contributed by atoms with Gasteiger partial charge in [-0.15, -0.1) is 0 Å². The van der Waals surface area contributed by atoms with Crippen molar-refractivity contribution in [3.05, 3.63) is 35.9 Å². The molecule has 74 valence electrons. The number of anilines is 1. The zero-order valence-electron chi connectivity index (χ0n) is 8.96. The summed E-state index contributed by atoms with van der Waals surface area (Å²) in [7, 11) is 4.16. The Bertz CT molecular complexity index is 348. The fourth-order valence-electron chi connectivity index (χ4n) is 1.79. The number of nitrogens with zero attached hydrogens (tertiary/aromatic N) is 1. The minimum absolute atomic E-state index is 0.826. The van der Waals surface area contributed by atoms with Gasteiger partial charge in [-0.05, 0) is 36.0 Å². The van der Waals surface area contributed by atoms with Crippen LogP contribution in [0.3, 0.4) is 0 Å². The van der Waals surface area contributed by atoms with Crippen LogP contribution in [-0.2, 0) is 0 Å². The predicted octanol–water partition coefficient (Wildman–Crippen LogP) is 3.27. The number of benzene rings is 1. The molecule has 1 saturated carbocycles. The molecule has 1 aromatic carbocycles. The lowest BCUT2D eigenvalue weighted by molar-refractivity contribution is 1.09. The Labute approximate surface area is 86.1 Å². The van der Waals surface area contributed by atoms with Crippen LogP contribution in [0.15, 0.2) is 24.8 Å². The molecule has 1 fully saturated rings. The highest BCUT2D eigenvalue weighted by Gasteiger charge is 2.23. The highest BCUT2D eigenvalue weighted by Crippen LogP contribution is 2.41. The second-order valence-electron chi connectivity index (χ2n) is 4.19. The molecule has 0 heterocycles. The molecule has 0 amide bonds. The highest BCUT2D eigenvalue weighted by molar-refractivity contribution is 5.67. The molecule has 1 heteroatoms. The zero-order chi connectivity index (χ0) is 10.1. The van der Waals surface area contributed by atoms with Gasteiger partial charge in [0.15, 0.2) is 0 Å². The summed E-state index contributed by atoms with van der Waals surface area (Å²) in [6.07, 6.45) is 4.65. The Morgan fingerprint density at radius 3 is 2.57 bits per heavy atom. The van der Waals surface area contributed by atoms with Gasteiger partial charge in [0, 0.05) is 19.8 Å². The third-order valence-corrected chi connectivity index (χ3v) is 2.80. The summed E-state index contributed by atoms with van der Waals surface area (Å²) in [5.74, 6) is 0.826. The fourth-order valence-corrected chi connectivity index (χ4v) is 1.79. The van der Waals surface area contributed by atoms with E-state index in [1.54, 1.807) is 0 Å². The van der Waals surface area contributed by atoms with Crippen LogP contribution in [-0.4, -0.2) is 14.1 Å². The smallest absolute Gasteiger partial charge is 0.0437 e. The number of rotatable bonds is 3. The highest BCUT2D eigenvalue weighted by atomic mass is 15.1. The van der Waals surface area contributed by atoms with E-state index in [9.17, 15) is 0 Å². The summed E-state index contributed by atoms with van der Waals surface area (Å²) in [5.41, 5.74) is 3.99. The van der Waals surface area contributed by atoms with Crippen LogP contribution in [0.1, 0.15) is 29.9 Å². The van der Waals surface area contributed by atoms with Crippen molar-refractivity contribution in [2.75, 3.05) is 19.0 Å². The van der Waals surface area contributed by atoms with E-state index in [1.807, 2.05) is 6.08 Å². The van der Waals surface area contributed by atoms with Crippen LogP contribution < -0.4 is 4.90 Å². The first kappa shape index (κ1) is 9.32. The monoisotopic (exact) mass is 187 g/mol. The van der Waals surface area contributed by atoms with E-state index in [0.717, 1.165) is 5.92 Å². The molecule has 0 atom stereocenters. The van der Waals surface area contributed by atoms with Crippen molar-refractivity contribution < 1.29 is 0 Å². The maximum absolute atomic E-state index is 3.84. The Morgan fingerprint density at radius 1 is 1.36 bits per heavy atom. The molecule has 0 aliphatic heterocycles. The van der Waals surface area contributed by atoms with Crippen LogP contribution in [0, 0.1) is 0 Å². The standard InChI is InChI=1S/C13H17N/c1-4-10-5-8-12(11-6-7-11)9-13(10)14(2)3/h4-5,8-9,11H,1,6-7H2,2-3H3. The van der Waals surface area contributed by atoms with Crippen molar-refractivity contribution in [1.29, 1.82) is 0 Å². The summed E-state index contributed by atoms with van der Waals surface area (Å²) < 4.78 is 0. The lowest BCUT2D eigenvalue weighted by atomic mass is 10.1. The van der Waals surface area contributed by atoms with Crippen molar-refractivity contribution in [1.82, 2.24) is 0 Å². The van der Waals surface area contributed by atoms with Crippen LogP contribution in [0.2, 0.25) is 0 Å². The largest absolute Gasteiger partial charge is 0.377 e. The van der Waals surface area contributed by atoms with Crippen LogP contribution in [0.25, 0.3) is 6.08 Å². The zero-order valence-corrected chi connectivity index (χ0v) is 8.96.